The summed E-state index contributed by atoms with van der Waals surface area (Å²) in [5.74, 6) is 0.961. The summed E-state index contributed by atoms with van der Waals surface area (Å²) in [5, 5.41) is 0. The first kappa shape index (κ1) is 14.3. The molecule has 0 aromatic rings. The molecule has 1 saturated carbocycles. The van der Waals surface area contributed by atoms with E-state index in [1.165, 1.54) is 32.1 Å². The minimum Gasteiger partial charge on any atom is -0.379 e. The van der Waals surface area contributed by atoms with Crippen LogP contribution in [0.1, 0.15) is 45.4 Å². The minimum atomic E-state index is 0.353. The van der Waals surface area contributed by atoms with Crippen LogP contribution in [0.15, 0.2) is 0 Å². The van der Waals surface area contributed by atoms with Gasteiger partial charge < -0.3 is 9.47 Å². The molecule has 0 unspecified atom stereocenters. The Morgan fingerprint density at radius 3 is 2.31 bits per heavy atom. The predicted molar refractivity (Wildman–Crippen MR) is 71.3 cm³/mol. The van der Waals surface area contributed by atoms with Crippen LogP contribution < -0.4 is 0 Å². The quantitative estimate of drug-likeness (QED) is 0.523. The maximum absolute atomic E-state index is 5.74. The van der Waals surface area contributed by atoms with Gasteiger partial charge in [-0.3, -0.25) is 0 Å². The fourth-order valence-electron chi connectivity index (χ4n) is 2.30. The molecule has 0 radical (unpaired) electrons. The first-order chi connectivity index (χ1) is 7.83. The van der Waals surface area contributed by atoms with Gasteiger partial charge in [-0.25, -0.2) is 0 Å². The summed E-state index contributed by atoms with van der Waals surface area (Å²) in [6.07, 6.45) is 7.72. The molecule has 1 aliphatic carbocycles. The molecule has 0 heterocycles. The van der Waals surface area contributed by atoms with E-state index in [1.54, 1.807) is 0 Å². The van der Waals surface area contributed by atoms with Crippen LogP contribution in [-0.4, -0.2) is 32.2 Å². The average Bonchev–Trinajstić information content (AvgIpc) is 2.35. The summed E-state index contributed by atoms with van der Waals surface area (Å²) in [7, 11) is 0. The molecular formula is C13H26O2S. The third-order valence-electron chi connectivity index (χ3n) is 3.38. The second-order valence-electron chi connectivity index (χ2n) is 4.88. The van der Waals surface area contributed by atoms with Crippen LogP contribution in [0, 0.1) is 5.41 Å². The van der Waals surface area contributed by atoms with Gasteiger partial charge in [0.1, 0.15) is 0 Å². The van der Waals surface area contributed by atoms with E-state index < -0.39 is 0 Å². The number of thiol groups is 1. The van der Waals surface area contributed by atoms with Gasteiger partial charge >= 0.3 is 0 Å². The van der Waals surface area contributed by atoms with E-state index in [0.29, 0.717) is 5.41 Å². The van der Waals surface area contributed by atoms with Crippen LogP contribution in [0.5, 0.6) is 0 Å². The summed E-state index contributed by atoms with van der Waals surface area (Å²) in [6.45, 7) is 5.30. The van der Waals surface area contributed by atoms with Crippen molar-refractivity contribution in [3.05, 3.63) is 0 Å². The fourth-order valence-corrected chi connectivity index (χ4v) is 2.71. The molecule has 2 nitrogen and oxygen atoms in total. The molecule has 0 bridgehead atoms. The molecule has 1 fully saturated rings. The van der Waals surface area contributed by atoms with Crippen molar-refractivity contribution < 1.29 is 9.47 Å². The van der Waals surface area contributed by atoms with Crippen molar-refractivity contribution in [1.29, 1.82) is 0 Å². The van der Waals surface area contributed by atoms with E-state index in [4.69, 9.17) is 9.47 Å². The van der Waals surface area contributed by atoms with Crippen molar-refractivity contribution in [3.8, 4) is 0 Å². The summed E-state index contributed by atoms with van der Waals surface area (Å²) < 4.78 is 11.1. The van der Waals surface area contributed by atoms with Gasteiger partial charge in [0.15, 0.2) is 0 Å². The van der Waals surface area contributed by atoms with Crippen LogP contribution in [0.3, 0.4) is 0 Å². The molecule has 0 atom stereocenters. The first-order valence-electron chi connectivity index (χ1n) is 6.59. The van der Waals surface area contributed by atoms with Crippen LogP contribution in [-0.2, 0) is 9.47 Å². The molecule has 1 rings (SSSR count). The van der Waals surface area contributed by atoms with E-state index >= 15 is 0 Å². The van der Waals surface area contributed by atoms with E-state index in [-0.39, 0.29) is 0 Å². The van der Waals surface area contributed by atoms with Gasteiger partial charge in [0.05, 0.1) is 19.8 Å². The van der Waals surface area contributed by atoms with Crippen molar-refractivity contribution in [1.82, 2.24) is 0 Å². The van der Waals surface area contributed by atoms with Crippen molar-refractivity contribution in [2.75, 3.05) is 32.2 Å². The van der Waals surface area contributed by atoms with Gasteiger partial charge in [0.25, 0.3) is 0 Å². The molecule has 3 heteroatoms. The molecule has 0 aromatic carbocycles. The highest BCUT2D eigenvalue weighted by molar-refractivity contribution is 7.80. The lowest BCUT2D eigenvalue weighted by atomic mass is 9.76. The maximum Gasteiger partial charge on any atom is 0.0700 e. The molecule has 0 N–H and O–H groups in total. The van der Waals surface area contributed by atoms with Crippen molar-refractivity contribution in [3.63, 3.8) is 0 Å². The van der Waals surface area contributed by atoms with Gasteiger partial charge in [0.2, 0.25) is 0 Å². The maximum atomic E-state index is 5.74. The van der Waals surface area contributed by atoms with Gasteiger partial charge in [-0.1, -0.05) is 26.2 Å². The molecule has 0 spiro atoms. The Hall–Kier alpha value is 0.270. The summed E-state index contributed by atoms with van der Waals surface area (Å²) >= 11 is 4.50. The topological polar surface area (TPSA) is 18.5 Å². The van der Waals surface area contributed by atoms with Crippen molar-refractivity contribution in [2.24, 2.45) is 5.41 Å². The van der Waals surface area contributed by atoms with Crippen molar-refractivity contribution in [2.45, 2.75) is 45.4 Å². The molecule has 0 aromatic heterocycles. The lowest BCUT2D eigenvalue weighted by Gasteiger charge is -2.35. The summed E-state index contributed by atoms with van der Waals surface area (Å²) in [6, 6.07) is 0. The summed E-state index contributed by atoms with van der Waals surface area (Å²) in [5.41, 5.74) is 0.353. The standard InChI is InChI=1S/C13H26O2S/c1-2-8-14-9-10-15-11-13(12-16)6-4-3-5-7-13/h16H,2-12H2,1H3. The molecule has 16 heavy (non-hydrogen) atoms. The Bertz CT molecular complexity index is 167. The lowest BCUT2D eigenvalue weighted by molar-refractivity contribution is -0.000128. The van der Waals surface area contributed by atoms with E-state index in [9.17, 15) is 0 Å². The lowest BCUT2D eigenvalue weighted by Crippen LogP contribution is -2.32. The molecule has 0 amide bonds. The summed E-state index contributed by atoms with van der Waals surface area (Å²) in [4.78, 5) is 0. The molecule has 0 aliphatic heterocycles. The van der Waals surface area contributed by atoms with Crippen LogP contribution in [0.4, 0.5) is 0 Å². The third-order valence-corrected chi connectivity index (χ3v) is 4.05. The Balaban J connectivity index is 2.08. The van der Waals surface area contributed by atoms with Gasteiger partial charge in [0, 0.05) is 12.0 Å². The predicted octanol–water partition coefficient (Wildman–Crippen LogP) is 3.31. The molecule has 96 valence electrons. The highest BCUT2D eigenvalue weighted by atomic mass is 32.1. The monoisotopic (exact) mass is 246 g/mol. The highest BCUT2D eigenvalue weighted by Gasteiger charge is 2.30. The zero-order valence-electron chi connectivity index (χ0n) is 10.5. The number of ether oxygens (including phenoxy) is 2. The van der Waals surface area contributed by atoms with Gasteiger partial charge in [-0.15, -0.1) is 0 Å². The molecule has 0 saturated heterocycles. The number of rotatable bonds is 8. The highest BCUT2D eigenvalue weighted by Crippen LogP contribution is 2.37. The zero-order valence-corrected chi connectivity index (χ0v) is 11.4. The first-order valence-corrected chi connectivity index (χ1v) is 7.22. The Morgan fingerprint density at radius 1 is 1.00 bits per heavy atom. The van der Waals surface area contributed by atoms with E-state index in [0.717, 1.165) is 38.6 Å². The van der Waals surface area contributed by atoms with Crippen molar-refractivity contribution >= 4 is 12.6 Å². The van der Waals surface area contributed by atoms with E-state index in [1.807, 2.05) is 0 Å². The van der Waals surface area contributed by atoms with Crippen LogP contribution >= 0.6 is 12.6 Å². The van der Waals surface area contributed by atoms with Crippen LogP contribution in [0.25, 0.3) is 0 Å². The average molecular weight is 246 g/mol. The normalized spacial score (nSPS) is 19.9. The van der Waals surface area contributed by atoms with Gasteiger partial charge in [-0.05, 0) is 25.0 Å². The fraction of sp³-hybridized carbons (Fsp3) is 1.00. The second kappa shape index (κ2) is 8.37. The zero-order chi connectivity index (χ0) is 11.7. The third kappa shape index (κ3) is 5.07. The second-order valence-corrected chi connectivity index (χ2v) is 5.20. The molecule has 1 aliphatic rings. The number of hydrogen-bond acceptors (Lipinski definition) is 3. The Kier molecular flexibility index (Phi) is 7.50. The number of hydrogen-bond donors (Lipinski definition) is 1. The van der Waals surface area contributed by atoms with Crippen LogP contribution in [0.2, 0.25) is 0 Å². The minimum absolute atomic E-state index is 0.353. The Labute approximate surface area is 105 Å². The van der Waals surface area contributed by atoms with Gasteiger partial charge in [-0.2, -0.15) is 12.6 Å². The Morgan fingerprint density at radius 2 is 1.69 bits per heavy atom. The smallest absolute Gasteiger partial charge is 0.0700 e. The van der Waals surface area contributed by atoms with E-state index in [2.05, 4.69) is 19.6 Å². The molecular weight excluding hydrogens is 220 g/mol. The largest absolute Gasteiger partial charge is 0.379 e. The SMILES string of the molecule is CCCOCCOCC1(CS)CCCCC1.